The van der Waals surface area contributed by atoms with E-state index in [1.807, 2.05) is 13.0 Å². The van der Waals surface area contributed by atoms with Crippen LogP contribution in [0.5, 0.6) is 5.75 Å². The SMILES string of the molecule is CCCCC[SiH]1CCC(CCCC[C@H]2CC[C@H](c3ccc(OCC)c(F)c3)CC2)CC1. The Hall–Kier alpha value is -0.833. The molecule has 1 nitrogen and oxygen atoms in total. The van der Waals surface area contributed by atoms with Crippen LogP contribution in [0.25, 0.3) is 0 Å². The molecular formula is C28H47FOSi. The molecule has 2 fully saturated rings. The van der Waals surface area contributed by atoms with Crippen LogP contribution in [0.3, 0.4) is 0 Å². The fraction of sp³-hybridized carbons (Fsp3) is 0.786. The molecule has 0 atom stereocenters. The van der Waals surface area contributed by atoms with Crippen LogP contribution in [0.2, 0.25) is 18.1 Å². The average molecular weight is 447 g/mol. The minimum atomic E-state index is -0.333. The van der Waals surface area contributed by atoms with Gasteiger partial charge in [0, 0.05) is 8.80 Å². The molecule has 1 heterocycles. The maximum Gasteiger partial charge on any atom is 0.165 e. The Morgan fingerprint density at radius 1 is 0.871 bits per heavy atom. The average Bonchev–Trinajstić information content (AvgIpc) is 2.80. The van der Waals surface area contributed by atoms with Crippen LogP contribution >= 0.6 is 0 Å². The van der Waals surface area contributed by atoms with Crippen molar-refractivity contribution >= 4 is 8.80 Å². The van der Waals surface area contributed by atoms with Crippen molar-refractivity contribution < 1.29 is 9.13 Å². The highest BCUT2D eigenvalue weighted by molar-refractivity contribution is 6.58. The maximum atomic E-state index is 14.2. The van der Waals surface area contributed by atoms with Gasteiger partial charge in [-0.1, -0.05) is 88.9 Å². The van der Waals surface area contributed by atoms with Crippen LogP contribution in [0.1, 0.15) is 109 Å². The lowest BCUT2D eigenvalue weighted by Crippen LogP contribution is -2.21. The van der Waals surface area contributed by atoms with Gasteiger partial charge in [-0.25, -0.2) is 4.39 Å². The number of hydrogen-bond acceptors (Lipinski definition) is 1. The molecule has 1 saturated heterocycles. The Bertz CT molecular complexity index is 617. The van der Waals surface area contributed by atoms with Gasteiger partial charge >= 0.3 is 0 Å². The van der Waals surface area contributed by atoms with Crippen molar-refractivity contribution in [2.24, 2.45) is 11.8 Å². The highest BCUT2D eigenvalue weighted by Crippen LogP contribution is 2.39. The minimum absolute atomic E-state index is 0.195. The summed E-state index contributed by atoms with van der Waals surface area (Å²) in [6, 6.07) is 10.5. The molecule has 3 rings (SSSR count). The molecular weight excluding hydrogens is 399 g/mol. The Morgan fingerprint density at radius 2 is 1.55 bits per heavy atom. The van der Waals surface area contributed by atoms with Crippen molar-refractivity contribution in [2.75, 3.05) is 6.61 Å². The lowest BCUT2D eigenvalue weighted by atomic mass is 9.77. The molecule has 2 aliphatic rings. The van der Waals surface area contributed by atoms with E-state index < -0.39 is 0 Å². The number of hydrogen-bond donors (Lipinski definition) is 0. The molecule has 1 aromatic carbocycles. The Morgan fingerprint density at radius 3 is 2.16 bits per heavy atom. The number of ether oxygens (including phenoxy) is 1. The molecule has 1 aliphatic heterocycles. The Labute approximate surface area is 193 Å². The normalized spacial score (nSPS) is 26.7. The number of halogens is 1. The van der Waals surface area contributed by atoms with Gasteiger partial charge in [0.25, 0.3) is 0 Å². The van der Waals surface area contributed by atoms with Gasteiger partial charge in [-0.05, 0) is 68.1 Å². The van der Waals surface area contributed by atoms with E-state index in [1.165, 1.54) is 76.2 Å². The van der Waals surface area contributed by atoms with E-state index in [0.717, 1.165) is 11.8 Å². The van der Waals surface area contributed by atoms with Gasteiger partial charge in [0.1, 0.15) is 0 Å². The molecule has 1 aromatic rings. The van der Waals surface area contributed by atoms with E-state index in [-0.39, 0.29) is 14.6 Å². The van der Waals surface area contributed by atoms with Gasteiger partial charge in [0.2, 0.25) is 0 Å². The van der Waals surface area contributed by atoms with Crippen LogP contribution < -0.4 is 4.74 Å². The molecule has 0 N–H and O–H groups in total. The third kappa shape index (κ3) is 8.22. The summed E-state index contributed by atoms with van der Waals surface area (Å²) in [4.78, 5) is 0. The van der Waals surface area contributed by atoms with E-state index in [9.17, 15) is 4.39 Å². The highest BCUT2D eigenvalue weighted by atomic mass is 28.3. The largest absolute Gasteiger partial charge is 0.491 e. The van der Waals surface area contributed by atoms with E-state index in [4.69, 9.17) is 4.74 Å². The number of rotatable bonds is 12. The molecule has 0 amide bonds. The summed E-state index contributed by atoms with van der Waals surface area (Å²) in [6.45, 7) is 4.74. The van der Waals surface area contributed by atoms with Gasteiger partial charge < -0.3 is 4.74 Å². The number of unbranched alkanes of at least 4 members (excludes halogenated alkanes) is 3. The summed E-state index contributed by atoms with van der Waals surface area (Å²) in [7, 11) is -0.333. The van der Waals surface area contributed by atoms with Crippen molar-refractivity contribution in [2.45, 2.75) is 121 Å². The summed E-state index contributed by atoms with van der Waals surface area (Å²) in [5.74, 6) is 2.70. The van der Waals surface area contributed by atoms with Gasteiger partial charge in [-0.3, -0.25) is 0 Å². The van der Waals surface area contributed by atoms with Crippen molar-refractivity contribution in [3.05, 3.63) is 29.6 Å². The van der Waals surface area contributed by atoms with E-state index in [1.54, 1.807) is 37.0 Å². The highest BCUT2D eigenvalue weighted by Gasteiger charge is 2.24. The third-order valence-corrected chi connectivity index (χ3v) is 11.8. The minimum Gasteiger partial charge on any atom is -0.491 e. The molecule has 0 unspecified atom stereocenters. The second kappa shape index (κ2) is 13.7. The fourth-order valence-corrected chi connectivity index (χ4v) is 9.80. The third-order valence-electron chi connectivity index (χ3n) is 8.23. The monoisotopic (exact) mass is 446 g/mol. The van der Waals surface area contributed by atoms with Crippen molar-refractivity contribution in [3.63, 3.8) is 0 Å². The Kier molecular flexibility index (Phi) is 10.9. The standard InChI is InChI=1S/C28H47FOSi/c1-3-5-8-19-31-20-17-24(18-21-31)10-7-6-9-23-11-13-25(14-12-23)26-15-16-28(30-4-2)27(29)22-26/h15-16,22-25,31H,3-14,17-21H2,1-2H3/t23-,24?,25-,31?. The fourth-order valence-electron chi connectivity index (χ4n) is 6.19. The zero-order chi connectivity index (χ0) is 21.9. The van der Waals surface area contributed by atoms with Crippen LogP contribution in [-0.2, 0) is 0 Å². The molecule has 0 aromatic heterocycles. The first kappa shape index (κ1) is 24.8. The Balaban J connectivity index is 1.26. The second-order valence-corrected chi connectivity index (χ2v) is 14.0. The molecule has 3 heteroatoms. The second-order valence-electron chi connectivity index (χ2n) is 10.5. The smallest absolute Gasteiger partial charge is 0.165 e. The zero-order valence-electron chi connectivity index (χ0n) is 20.3. The molecule has 0 bridgehead atoms. The number of benzene rings is 1. The van der Waals surface area contributed by atoms with E-state index >= 15 is 0 Å². The maximum absolute atomic E-state index is 14.2. The summed E-state index contributed by atoms with van der Waals surface area (Å²) in [5, 5.41) is 0. The van der Waals surface area contributed by atoms with Crippen LogP contribution in [0, 0.1) is 17.7 Å². The first-order valence-electron chi connectivity index (χ1n) is 13.6. The van der Waals surface area contributed by atoms with Crippen LogP contribution in [-0.4, -0.2) is 15.4 Å². The first-order valence-corrected chi connectivity index (χ1v) is 16.1. The first-order chi connectivity index (χ1) is 15.2. The molecule has 176 valence electrons. The summed E-state index contributed by atoms with van der Waals surface area (Å²) in [5.41, 5.74) is 1.17. The molecule has 1 saturated carbocycles. The van der Waals surface area contributed by atoms with Crippen LogP contribution in [0.4, 0.5) is 4.39 Å². The molecule has 0 spiro atoms. The predicted octanol–water partition coefficient (Wildman–Crippen LogP) is 8.89. The summed E-state index contributed by atoms with van der Waals surface area (Å²) >= 11 is 0. The summed E-state index contributed by atoms with van der Waals surface area (Å²) in [6.07, 6.45) is 18.4. The lowest BCUT2D eigenvalue weighted by molar-refractivity contribution is 0.295. The van der Waals surface area contributed by atoms with Gasteiger partial charge in [0.15, 0.2) is 11.6 Å². The van der Waals surface area contributed by atoms with E-state index in [0.29, 0.717) is 18.3 Å². The van der Waals surface area contributed by atoms with Crippen LogP contribution in [0.15, 0.2) is 18.2 Å². The zero-order valence-corrected chi connectivity index (χ0v) is 21.5. The summed E-state index contributed by atoms with van der Waals surface area (Å²) < 4.78 is 19.5. The van der Waals surface area contributed by atoms with Crippen molar-refractivity contribution in [1.82, 2.24) is 0 Å². The topological polar surface area (TPSA) is 9.23 Å². The molecule has 31 heavy (non-hydrogen) atoms. The lowest BCUT2D eigenvalue weighted by Gasteiger charge is -2.30. The van der Waals surface area contributed by atoms with E-state index in [2.05, 4.69) is 13.0 Å². The quantitative estimate of drug-likeness (QED) is 0.230. The van der Waals surface area contributed by atoms with Crippen molar-refractivity contribution in [1.29, 1.82) is 0 Å². The van der Waals surface area contributed by atoms with Gasteiger partial charge in [-0.2, -0.15) is 0 Å². The van der Waals surface area contributed by atoms with Gasteiger partial charge in [0.05, 0.1) is 6.61 Å². The molecule has 0 radical (unpaired) electrons. The molecule has 1 aliphatic carbocycles. The van der Waals surface area contributed by atoms with Gasteiger partial charge in [-0.15, -0.1) is 0 Å². The predicted molar refractivity (Wildman–Crippen MR) is 135 cm³/mol. The van der Waals surface area contributed by atoms with Crippen molar-refractivity contribution in [3.8, 4) is 5.75 Å².